The van der Waals surface area contributed by atoms with Crippen LogP contribution in [0.5, 0.6) is 0 Å². The molecule has 0 radical (unpaired) electrons. The molecule has 5 heteroatoms. The van der Waals surface area contributed by atoms with Crippen LogP contribution in [-0.2, 0) is 10.5 Å². The smallest absolute Gasteiger partial charge is 0.220 e. The average molecular weight is 339 g/mol. The van der Waals surface area contributed by atoms with Gasteiger partial charge in [0, 0.05) is 29.9 Å². The first kappa shape index (κ1) is 16.3. The maximum Gasteiger partial charge on any atom is 0.220 e. The molecule has 2 aliphatic rings. The average Bonchev–Trinajstić information content (AvgIpc) is 3.20. The van der Waals surface area contributed by atoms with Gasteiger partial charge in [0.25, 0.3) is 0 Å². The van der Waals surface area contributed by atoms with E-state index in [0.717, 1.165) is 46.5 Å². The molecule has 2 saturated carbocycles. The zero-order chi connectivity index (χ0) is 15.4. The first-order chi connectivity index (χ1) is 10.7. The van der Waals surface area contributed by atoms with Crippen LogP contribution in [0.15, 0.2) is 5.38 Å². The van der Waals surface area contributed by atoms with E-state index in [9.17, 15) is 4.79 Å². The van der Waals surface area contributed by atoms with Gasteiger partial charge in [0.2, 0.25) is 5.91 Å². The van der Waals surface area contributed by atoms with Crippen molar-refractivity contribution in [2.75, 3.05) is 12.3 Å². The van der Waals surface area contributed by atoms with Crippen molar-refractivity contribution in [1.29, 1.82) is 0 Å². The molecule has 3 rings (SSSR count). The number of aryl methyl sites for hydroxylation is 1. The van der Waals surface area contributed by atoms with Gasteiger partial charge in [0.1, 0.15) is 0 Å². The number of rotatable bonds is 8. The molecule has 1 aromatic heterocycles. The second-order valence-corrected chi connectivity index (χ2v) is 8.90. The van der Waals surface area contributed by atoms with Crippen LogP contribution in [0.25, 0.3) is 0 Å². The molecule has 0 saturated heterocycles. The number of fused-ring (bicyclic) bond motifs is 2. The Hall–Kier alpha value is -0.550. The highest BCUT2D eigenvalue weighted by molar-refractivity contribution is 7.98. The highest BCUT2D eigenvalue weighted by Gasteiger charge is 2.38. The number of aromatic nitrogens is 1. The van der Waals surface area contributed by atoms with E-state index in [0.29, 0.717) is 6.42 Å². The highest BCUT2D eigenvalue weighted by atomic mass is 32.2. The Morgan fingerprint density at radius 2 is 2.36 bits per heavy atom. The highest BCUT2D eigenvalue weighted by Crippen LogP contribution is 2.49. The number of thioether (sulfide) groups is 1. The topological polar surface area (TPSA) is 42.0 Å². The number of carbonyl (C=O) groups is 1. The second-order valence-electron chi connectivity index (χ2n) is 6.73. The van der Waals surface area contributed by atoms with Crippen LogP contribution in [0, 0.1) is 24.7 Å². The minimum Gasteiger partial charge on any atom is -0.356 e. The number of amides is 1. The number of hydrogen-bond acceptors (Lipinski definition) is 4. The number of carbonyl (C=O) groups excluding carboxylic acids is 1. The molecule has 2 fully saturated rings. The summed E-state index contributed by atoms with van der Waals surface area (Å²) in [6.45, 7) is 2.91. The molecule has 2 aliphatic carbocycles. The molecule has 1 heterocycles. The fraction of sp³-hybridized carbons (Fsp3) is 0.765. The van der Waals surface area contributed by atoms with Crippen LogP contribution in [-0.4, -0.2) is 23.2 Å². The van der Waals surface area contributed by atoms with Crippen LogP contribution in [0.4, 0.5) is 0 Å². The van der Waals surface area contributed by atoms with Gasteiger partial charge in [-0.2, -0.15) is 11.8 Å². The zero-order valence-corrected chi connectivity index (χ0v) is 15.0. The number of hydrogen-bond donors (Lipinski definition) is 1. The van der Waals surface area contributed by atoms with Gasteiger partial charge in [-0.1, -0.05) is 6.42 Å². The van der Waals surface area contributed by atoms with Crippen molar-refractivity contribution in [3.8, 4) is 0 Å². The lowest BCUT2D eigenvalue weighted by molar-refractivity contribution is -0.120. The van der Waals surface area contributed by atoms with Crippen molar-refractivity contribution in [3.63, 3.8) is 0 Å². The van der Waals surface area contributed by atoms with E-state index in [4.69, 9.17) is 0 Å². The molecular weight excluding hydrogens is 312 g/mol. The van der Waals surface area contributed by atoms with E-state index in [1.165, 1.54) is 32.1 Å². The number of thiazole rings is 1. The predicted octanol–water partition coefficient (Wildman–Crippen LogP) is 4.02. The van der Waals surface area contributed by atoms with Crippen LogP contribution < -0.4 is 5.32 Å². The Bertz CT molecular complexity index is 503. The van der Waals surface area contributed by atoms with Crippen molar-refractivity contribution in [2.45, 2.75) is 51.2 Å². The molecule has 1 aromatic rings. The molecule has 122 valence electrons. The van der Waals surface area contributed by atoms with Crippen LogP contribution in [0.3, 0.4) is 0 Å². The molecule has 1 amide bonds. The lowest BCUT2D eigenvalue weighted by atomic mass is 9.86. The molecule has 2 bridgehead atoms. The van der Waals surface area contributed by atoms with E-state index in [1.807, 2.05) is 6.92 Å². The van der Waals surface area contributed by atoms with Crippen molar-refractivity contribution >= 4 is 29.0 Å². The Morgan fingerprint density at radius 3 is 3.05 bits per heavy atom. The SMILES string of the molecule is Cc1nc(CSCCC(=O)NCCC2CC3CCC2C3)cs1. The molecule has 1 N–H and O–H groups in total. The van der Waals surface area contributed by atoms with Crippen molar-refractivity contribution in [1.82, 2.24) is 10.3 Å². The van der Waals surface area contributed by atoms with Gasteiger partial charge in [-0.05, 0) is 50.4 Å². The first-order valence-electron chi connectivity index (χ1n) is 8.46. The second kappa shape index (κ2) is 7.82. The van der Waals surface area contributed by atoms with E-state index >= 15 is 0 Å². The fourth-order valence-corrected chi connectivity index (χ4v) is 5.58. The largest absolute Gasteiger partial charge is 0.356 e. The summed E-state index contributed by atoms with van der Waals surface area (Å²) in [6, 6.07) is 0. The quantitative estimate of drug-likeness (QED) is 0.728. The number of nitrogens with one attached hydrogen (secondary N) is 1. The van der Waals surface area contributed by atoms with Gasteiger partial charge < -0.3 is 5.32 Å². The van der Waals surface area contributed by atoms with Crippen molar-refractivity contribution < 1.29 is 4.79 Å². The summed E-state index contributed by atoms with van der Waals surface area (Å²) in [5, 5.41) is 6.33. The van der Waals surface area contributed by atoms with Crippen LogP contribution >= 0.6 is 23.1 Å². The Kier molecular flexibility index (Phi) is 5.80. The van der Waals surface area contributed by atoms with Crippen LogP contribution in [0.2, 0.25) is 0 Å². The minimum absolute atomic E-state index is 0.213. The minimum atomic E-state index is 0.213. The van der Waals surface area contributed by atoms with Gasteiger partial charge in [-0.3, -0.25) is 4.79 Å². The Balaban J connectivity index is 1.22. The maximum absolute atomic E-state index is 11.9. The first-order valence-corrected chi connectivity index (χ1v) is 10.5. The summed E-state index contributed by atoms with van der Waals surface area (Å²) in [7, 11) is 0. The van der Waals surface area contributed by atoms with Gasteiger partial charge >= 0.3 is 0 Å². The summed E-state index contributed by atoms with van der Waals surface area (Å²) >= 11 is 3.49. The summed E-state index contributed by atoms with van der Waals surface area (Å²) < 4.78 is 0. The van der Waals surface area contributed by atoms with Crippen molar-refractivity contribution in [3.05, 3.63) is 16.1 Å². The van der Waals surface area contributed by atoms with Gasteiger partial charge in [-0.25, -0.2) is 4.98 Å². The summed E-state index contributed by atoms with van der Waals surface area (Å²) in [5.41, 5.74) is 1.14. The lowest BCUT2D eigenvalue weighted by Crippen LogP contribution is -2.27. The molecular formula is C17H26N2OS2. The molecule has 22 heavy (non-hydrogen) atoms. The third-order valence-corrected chi connectivity index (χ3v) is 6.93. The molecule has 3 nitrogen and oxygen atoms in total. The molecule has 0 aromatic carbocycles. The van der Waals surface area contributed by atoms with E-state index in [1.54, 1.807) is 23.1 Å². The third kappa shape index (κ3) is 4.48. The standard InChI is InChI=1S/C17H26N2OS2/c1-12-19-16(11-22-12)10-21-7-5-17(20)18-6-4-15-9-13-2-3-14(15)8-13/h11,13-15H,2-10H2,1H3,(H,18,20). The summed E-state index contributed by atoms with van der Waals surface area (Å²) in [4.78, 5) is 16.3. The summed E-state index contributed by atoms with van der Waals surface area (Å²) in [5.74, 6) is 4.89. The Labute approximate surface area is 141 Å². The molecule has 3 unspecified atom stereocenters. The van der Waals surface area contributed by atoms with Crippen molar-refractivity contribution in [2.24, 2.45) is 17.8 Å². The normalized spacial score (nSPS) is 26.5. The van der Waals surface area contributed by atoms with E-state index in [2.05, 4.69) is 15.7 Å². The van der Waals surface area contributed by atoms with Gasteiger partial charge in [-0.15, -0.1) is 11.3 Å². The van der Waals surface area contributed by atoms with Gasteiger partial charge in [0.15, 0.2) is 0 Å². The van der Waals surface area contributed by atoms with E-state index in [-0.39, 0.29) is 5.91 Å². The molecule has 0 spiro atoms. The Morgan fingerprint density at radius 1 is 1.45 bits per heavy atom. The maximum atomic E-state index is 11.9. The third-order valence-electron chi connectivity index (χ3n) is 5.11. The monoisotopic (exact) mass is 338 g/mol. The lowest BCUT2D eigenvalue weighted by Gasteiger charge is -2.21. The molecule has 3 atom stereocenters. The predicted molar refractivity (Wildman–Crippen MR) is 94.2 cm³/mol. The summed E-state index contributed by atoms with van der Waals surface area (Å²) in [6.07, 6.45) is 7.61. The fourth-order valence-electron chi connectivity index (χ4n) is 4.03. The van der Waals surface area contributed by atoms with Gasteiger partial charge in [0.05, 0.1) is 10.7 Å². The van der Waals surface area contributed by atoms with Crippen LogP contribution in [0.1, 0.15) is 49.2 Å². The number of nitrogens with zero attached hydrogens (tertiary/aromatic N) is 1. The molecule has 0 aliphatic heterocycles. The zero-order valence-electron chi connectivity index (χ0n) is 13.3. The van der Waals surface area contributed by atoms with E-state index < -0.39 is 0 Å².